The first-order valence-corrected chi connectivity index (χ1v) is 6.81. The summed E-state index contributed by atoms with van der Waals surface area (Å²) in [6.45, 7) is 3.32. The SMILES string of the molecule is CCCOc1ccc(-c2ccc(COOC)cc2)cc1. The van der Waals surface area contributed by atoms with Gasteiger partial charge >= 0.3 is 0 Å². The zero-order valence-electron chi connectivity index (χ0n) is 12.0. The van der Waals surface area contributed by atoms with Gasteiger partial charge in [-0.25, -0.2) is 9.78 Å². The third-order valence-electron chi connectivity index (χ3n) is 2.96. The summed E-state index contributed by atoms with van der Waals surface area (Å²) in [5.74, 6) is 0.917. The summed E-state index contributed by atoms with van der Waals surface area (Å²) in [5, 5.41) is 0. The second kappa shape index (κ2) is 7.68. The second-order valence-corrected chi connectivity index (χ2v) is 4.50. The van der Waals surface area contributed by atoms with Gasteiger partial charge in [0.25, 0.3) is 0 Å². The first-order chi connectivity index (χ1) is 9.83. The van der Waals surface area contributed by atoms with Crippen molar-refractivity contribution in [3.05, 3.63) is 54.1 Å². The molecule has 2 aromatic carbocycles. The Kier molecular flexibility index (Phi) is 5.59. The first kappa shape index (κ1) is 14.6. The van der Waals surface area contributed by atoms with E-state index in [0.29, 0.717) is 6.61 Å². The molecule has 0 radical (unpaired) electrons. The van der Waals surface area contributed by atoms with Crippen LogP contribution in [0.2, 0.25) is 0 Å². The number of ether oxygens (including phenoxy) is 1. The molecule has 0 aliphatic carbocycles. The Bertz CT molecular complexity index is 453. The van der Waals surface area contributed by atoms with Crippen LogP contribution in [0.5, 0.6) is 5.75 Å². The maximum atomic E-state index is 5.58. The van der Waals surface area contributed by atoms with Gasteiger partial charge in [-0.2, -0.15) is 0 Å². The predicted molar refractivity (Wildman–Crippen MR) is 79.5 cm³/mol. The molecular formula is C17H20O3. The average Bonchev–Trinajstić information content (AvgIpc) is 2.52. The van der Waals surface area contributed by atoms with Gasteiger partial charge < -0.3 is 4.74 Å². The highest BCUT2D eigenvalue weighted by atomic mass is 17.2. The van der Waals surface area contributed by atoms with E-state index in [1.54, 1.807) is 0 Å². The van der Waals surface area contributed by atoms with Crippen LogP contribution in [0.1, 0.15) is 18.9 Å². The Morgan fingerprint density at radius 3 is 2.00 bits per heavy atom. The molecular weight excluding hydrogens is 252 g/mol. The highest BCUT2D eigenvalue weighted by Crippen LogP contribution is 2.23. The highest BCUT2D eigenvalue weighted by molar-refractivity contribution is 5.64. The fraction of sp³-hybridized carbons (Fsp3) is 0.294. The zero-order chi connectivity index (χ0) is 14.2. The molecule has 0 fully saturated rings. The molecule has 20 heavy (non-hydrogen) atoms. The summed E-state index contributed by atoms with van der Waals surface area (Å²) in [6, 6.07) is 16.4. The lowest BCUT2D eigenvalue weighted by atomic mass is 10.0. The zero-order valence-corrected chi connectivity index (χ0v) is 12.0. The van der Waals surface area contributed by atoms with E-state index in [1.807, 2.05) is 24.3 Å². The van der Waals surface area contributed by atoms with Gasteiger partial charge in [0, 0.05) is 0 Å². The monoisotopic (exact) mass is 272 g/mol. The molecule has 0 atom stereocenters. The predicted octanol–water partition coefficient (Wildman–Crippen LogP) is 4.22. The van der Waals surface area contributed by atoms with Crippen LogP contribution in [0, 0.1) is 0 Å². The third kappa shape index (κ3) is 4.08. The Hall–Kier alpha value is -1.84. The van der Waals surface area contributed by atoms with Gasteiger partial charge in [-0.15, -0.1) is 0 Å². The topological polar surface area (TPSA) is 27.7 Å². The van der Waals surface area contributed by atoms with E-state index in [2.05, 4.69) is 36.1 Å². The normalized spacial score (nSPS) is 10.5. The van der Waals surface area contributed by atoms with E-state index < -0.39 is 0 Å². The lowest BCUT2D eigenvalue weighted by molar-refractivity contribution is -0.282. The van der Waals surface area contributed by atoms with Crippen molar-refractivity contribution in [2.45, 2.75) is 20.0 Å². The van der Waals surface area contributed by atoms with E-state index in [1.165, 1.54) is 18.2 Å². The Morgan fingerprint density at radius 2 is 1.45 bits per heavy atom. The third-order valence-corrected chi connectivity index (χ3v) is 2.96. The molecule has 0 unspecified atom stereocenters. The molecule has 0 aliphatic heterocycles. The van der Waals surface area contributed by atoms with Crippen LogP contribution in [0.4, 0.5) is 0 Å². The maximum Gasteiger partial charge on any atom is 0.119 e. The van der Waals surface area contributed by atoms with Gasteiger partial charge in [-0.05, 0) is 35.2 Å². The van der Waals surface area contributed by atoms with E-state index in [9.17, 15) is 0 Å². The van der Waals surface area contributed by atoms with E-state index in [0.717, 1.165) is 24.3 Å². The number of rotatable bonds is 7. The molecule has 0 saturated carbocycles. The second-order valence-electron chi connectivity index (χ2n) is 4.50. The molecule has 2 aromatic rings. The van der Waals surface area contributed by atoms with Crippen molar-refractivity contribution in [3.63, 3.8) is 0 Å². The minimum absolute atomic E-state index is 0.459. The summed E-state index contributed by atoms with van der Waals surface area (Å²) in [4.78, 5) is 9.49. The van der Waals surface area contributed by atoms with E-state index >= 15 is 0 Å². The van der Waals surface area contributed by atoms with Crippen LogP contribution in [0.25, 0.3) is 11.1 Å². The van der Waals surface area contributed by atoms with Gasteiger partial charge in [-0.1, -0.05) is 43.3 Å². The van der Waals surface area contributed by atoms with E-state index in [4.69, 9.17) is 9.62 Å². The number of benzene rings is 2. The molecule has 0 aromatic heterocycles. The van der Waals surface area contributed by atoms with Gasteiger partial charge in [0.2, 0.25) is 0 Å². The Balaban J connectivity index is 2.03. The minimum atomic E-state index is 0.459. The number of hydrogen-bond donors (Lipinski definition) is 0. The standard InChI is InChI=1S/C17H20O3/c1-3-12-19-17-10-8-16(9-11-17)15-6-4-14(5-7-15)13-20-18-2/h4-11H,3,12-13H2,1-2H3. The smallest absolute Gasteiger partial charge is 0.119 e. The summed E-state index contributed by atoms with van der Waals surface area (Å²) >= 11 is 0. The van der Waals surface area contributed by atoms with Crippen LogP contribution in [0.3, 0.4) is 0 Å². The molecule has 0 spiro atoms. The highest BCUT2D eigenvalue weighted by Gasteiger charge is 2.00. The molecule has 2 rings (SSSR count). The first-order valence-electron chi connectivity index (χ1n) is 6.81. The van der Waals surface area contributed by atoms with Gasteiger partial charge in [0.1, 0.15) is 12.4 Å². The summed E-state index contributed by atoms with van der Waals surface area (Å²) in [5.41, 5.74) is 3.43. The number of hydrogen-bond acceptors (Lipinski definition) is 3. The lowest BCUT2D eigenvalue weighted by Gasteiger charge is -2.07. The van der Waals surface area contributed by atoms with Crippen LogP contribution >= 0.6 is 0 Å². The summed E-state index contributed by atoms with van der Waals surface area (Å²) < 4.78 is 5.58. The van der Waals surface area contributed by atoms with Gasteiger partial charge in [0.15, 0.2) is 0 Å². The van der Waals surface area contributed by atoms with Crippen molar-refractivity contribution in [1.82, 2.24) is 0 Å². The van der Waals surface area contributed by atoms with Crippen LogP contribution < -0.4 is 4.74 Å². The van der Waals surface area contributed by atoms with Gasteiger partial charge in [-0.3, -0.25) is 0 Å². The molecule has 0 aliphatic rings. The average molecular weight is 272 g/mol. The lowest BCUT2D eigenvalue weighted by Crippen LogP contribution is -1.94. The minimum Gasteiger partial charge on any atom is -0.494 e. The van der Waals surface area contributed by atoms with Crippen molar-refractivity contribution in [2.24, 2.45) is 0 Å². The molecule has 106 valence electrons. The molecule has 3 heteroatoms. The van der Waals surface area contributed by atoms with Crippen molar-refractivity contribution < 1.29 is 14.5 Å². The molecule has 0 bridgehead atoms. The van der Waals surface area contributed by atoms with Gasteiger partial charge in [0.05, 0.1) is 13.7 Å². The quantitative estimate of drug-likeness (QED) is 0.558. The van der Waals surface area contributed by atoms with E-state index in [-0.39, 0.29) is 0 Å². The fourth-order valence-corrected chi connectivity index (χ4v) is 1.88. The molecule has 0 N–H and O–H groups in total. The van der Waals surface area contributed by atoms with Crippen molar-refractivity contribution in [2.75, 3.05) is 13.7 Å². The Morgan fingerprint density at radius 1 is 0.850 bits per heavy atom. The fourth-order valence-electron chi connectivity index (χ4n) is 1.88. The summed E-state index contributed by atoms with van der Waals surface area (Å²) in [6.07, 6.45) is 1.02. The van der Waals surface area contributed by atoms with Crippen molar-refractivity contribution >= 4 is 0 Å². The van der Waals surface area contributed by atoms with Crippen LogP contribution in [-0.2, 0) is 16.4 Å². The van der Waals surface area contributed by atoms with Crippen LogP contribution in [-0.4, -0.2) is 13.7 Å². The molecule has 3 nitrogen and oxygen atoms in total. The summed E-state index contributed by atoms with van der Waals surface area (Å²) in [7, 11) is 1.51. The van der Waals surface area contributed by atoms with Crippen LogP contribution in [0.15, 0.2) is 48.5 Å². The molecule has 0 saturated heterocycles. The molecule has 0 amide bonds. The van der Waals surface area contributed by atoms with Crippen molar-refractivity contribution in [3.8, 4) is 16.9 Å². The maximum absolute atomic E-state index is 5.58. The Labute approximate surface area is 120 Å². The largest absolute Gasteiger partial charge is 0.494 e. The van der Waals surface area contributed by atoms with Crippen molar-refractivity contribution in [1.29, 1.82) is 0 Å². The molecule has 0 heterocycles.